The van der Waals surface area contributed by atoms with Crippen LogP contribution in [0.1, 0.15) is 20.3 Å². The molecule has 1 atom stereocenters. The Labute approximate surface area is 61.6 Å². The highest BCUT2D eigenvalue weighted by molar-refractivity contribution is 5.49. The van der Waals surface area contributed by atoms with E-state index in [1.807, 2.05) is 6.92 Å². The van der Waals surface area contributed by atoms with E-state index < -0.39 is 0 Å². The molecule has 0 aromatic heterocycles. The SMILES string of the molecule is CC#CCOC(C)CC=O. The predicted octanol–water partition coefficient (Wildman–Crippen LogP) is 1.00. The van der Waals surface area contributed by atoms with Crippen molar-refractivity contribution >= 4 is 6.29 Å². The molecule has 0 aromatic carbocycles. The molecule has 0 bridgehead atoms. The summed E-state index contributed by atoms with van der Waals surface area (Å²) >= 11 is 0. The molecule has 0 saturated carbocycles. The van der Waals surface area contributed by atoms with Gasteiger partial charge in [-0.1, -0.05) is 5.92 Å². The molecule has 2 nitrogen and oxygen atoms in total. The summed E-state index contributed by atoms with van der Waals surface area (Å²) in [5, 5.41) is 0. The first-order valence-corrected chi connectivity index (χ1v) is 3.26. The summed E-state index contributed by atoms with van der Waals surface area (Å²) in [5.74, 6) is 5.45. The molecular weight excluding hydrogens is 128 g/mol. The lowest BCUT2D eigenvalue weighted by molar-refractivity contribution is -0.109. The molecule has 0 aliphatic rings. The molecule has 0 amide bonds. The van der Waals surface area contributed by atoms with Gasteiger partial charge in [-0.05, 0) is 13.8 Å². The highest BCUT2D eigenvalue weighted by atomic mass is 16.5. The van der Waals surface area contributed by atoms with Gasteiger partial charge in [0.2, 0.25) is 0 Å². The maximum absolute atomic E-state index is 9.93. The second kappa shape index (κ2) is 6.31. The lowest BCUT2D eigenvalue weighted by atomic mass is 10.3. The Hall–Kier alpha value is -0.810. The number of hydrogen-bond donors (Lipinski definition) is 0. The van der Waals surface area contributed by atoms with Crippen molar-refractivity contribution in [3.8, 4) is 11.8 Å². The Morgan fingerprint density at radius 1 is 1.70 bits per heavy atom. The summed E-state index contributed by atoms with van der Waals surface area (Å²) < 4.78 is 5.12. The van der Waals surface area contributed by atoms with E-state index in [4.69, 9.17) is 4.74 Å². The van der Waals surface area contributed by atoms with E-state index in [1.165, 1.54) is 0 Å². The van der Waals surface area contributed by atoms with Crippen LogP contribution in [0, 0.1) is 11.8 Å². The zero-order valence-electron chi connectivity index (χ0n) is 6.39. The molecule has 0 spiro atoms. The smallest absolute Gasteiger partial charge is 0.122 e. The van der Waals surface area contributed by atoms with Crippen molar-refractivity contribution in [1.29, 1.82) is 0 Å². The monoisotopic (exact) mass is 140 g/mol. The normalized spacial score (nSPS) is 11.4. The van der Waals surface area contributed by atoms with Crippen molar-refractivity contribution in [3.05, 3.63) is 0 Å². The minimum absolute atomic E-state index is 0.00153. The molecule has 1 unspecified atom stereocenters. The van der Waals surface area contributed by atoms with Crippen LogP contribution < -0.4 is 0 Å². The minimum Gasteiger partial charge on any atom is -0.365 e. The largest absolute Gasteiger partial charge is 0.365 e. The molecule has 0 N–H and O–H groups in total. The summed E-state index contributed by atoms with van der Waals surface area (Å²) in [5.41, 5.74) is 0. The molecule has 0 saturated heterocycles. The summed E-state index contributed by atoms with van der Waals surface area (Å²) in [6, 6.07) is 0. The van der Waals surface area contributed by atoms with Gasteiger partial charge in [0.25, 0.3) is 0 Å². The van der Waals surface area contributed by atoms with Crippen molar-refractivity contribution in [2.75, 3.05) is 6.61 Å². The Balaban J connectivity index is 3.26. The maximum atomic E-state index is 9.93. The molecule has 0 radical (unpaired) electrons. The Bertz CT molecular complexity index is 141. The predicted molar refractivity (Wildman–Crippen MR) is 39.5 cm³/mol. The first-order chi connectivity index (χ1) is 4.81. The van der Waals surface area contributed by atoms with Crippen LogP contribution in [0.25, 0.3) is 0 Å². The Morgan fingerprint density at radius 3 is 2.90 bits per heavy atom. The maximum Gasteiger partial charge on any atom is 0.122 e. The van der Waals surface area contributed by atoms with Crippen molar-refractivity contribution in [2.24, 2.45) is 0 Å². The molecule has 2 heteroatoms. The molecule has 0 rings (SSSR count). The minimum atomic E-state index is -0.00153. The molecule has 0 aliphatic heterocycles. The fourth-order valence-corrected chi connectivity index (χ4v) is 0.460. The first kappa shape index (κ1) is 9.19. The fraction of sp³-hybridized carbons (Fsp3) is 0.625. The average Bonchev–Trinajstić information content (AvgIpc) is 1.89. The van der Waals surface area contributed by atoms with Gasteiger partial charge in [-0.25, -0.2) is 0 Å². The molecule has 0 heterocycles. The van der Waals surface area contributed by atoms with Crippen LogP contribution >= 0.6 is 0 Å². The topological polar surface area (TPSA) is 26.3 Å². The van der Waals surface area contributed by atoms with Crippen LogP contribution in [-0.4, -0.2) is 19.0 Å². The van der Waals surface area contributed by atoms with Gasteiger partial charge >= 0.3 is 0 Å². The Morgan fingerprint density at radius 2 is 2.40 bits per heavy atom. The van der Waals surface area contributed by atoms with E-state index in [-0.39, 0.29) is 6.10 Å². The van der Waals surface area contributed by atoms with Gasteiger partial charge in [-0.3, -0.25) is 0 Å². The van der Waals surface area contributed by atoms with Gasteiger partial charge in [0.1, 0.15) is 12.9 Å². The van der Waals surface area contributed by atoms with Crippen LogP contribution in [-0.2, 0) is 9.53 Å². The lowest BCUT2D eigenvalue weighted by Gasteiger charge is -2.04. The zero-order chi connectivity index (χ0) is 7.82. The summed E-state index contributed by atoms with van der Waals surface area (Å²) in [6.07, 6.45) is 1.30. The van der Waals surface area contributed by atoms with Crippen LogP contribution in [0.15, 0.2) is 0 Å². The van der Waals surface area contributed by atoms with E-state index in [2.05, 4.69) is 11.8 Å². The van der Waals surface area contributed by atoms with Crippen molar-refractivity contribution in [2.45, 2.75) is 26.4 Å². The highest BCUT2D eigenvalue weighted by Gasteiger charge is 1.97. The number of carbonyl (C=O) groups excluding carboxylic acids is 1. The summed E-state index contributed by atoms with van der Waals surface area (Å²) in [6.45, 7) is 4.03. The standard InChI is InChI=1S/C8H12O2/c1-3-4-7-10-8(2)5-6-9/h6,8H,5,7H2,1-2H3. The zero-order valence-corrected chi connectivity index (χ0v) is 6.39. The van der Waals surface area contributed by atoms with Crippen LogP contribution in [0.5, 0.6) is 0 Å². The first-order valence-electron chi connectivity index (χ1n) is 3.26. The molecule has 0 aliphatic carbocycles. The molecule has 0 fully saturated rings. The summed E-state index contributed by atoms with van der Waals surface area (Å²) in [7, 11) is 0. The van der Waals surface area contributed by atoms with Gasteiger partial charge in [-0.15, -0.1) is 5.92 Å². The second-order valence-electron chi connectivity index (χ2n) is 1.95. The van der Waals surface area contributed by atoms with Crippen molar-refractivity contribution in [1.82, 2.24) is 0 Å². The highest BCUT2D eigenvalue weighted by Crippen LogP contribution is 1.92. The molecular formula is C8H12O2. The quantitative estimate of drug-likeness (QED) is 0.430. The molecule has 0 aromatic rings. The van der Waals surface area contributed by atoms with Gasteiger partial charge in [0.15, 0.2) is 0 Å². The number of rotatable bonds is 4. The third kappa shape index (κ3) is 5.33. The van der Waals surface area contributed by atoms with Crippen LogP contribution in [0.2, 0.25) is 0 Å². The Kier molecular flexibility index (Phi) is 5.80. The van der Waals surface area contributed by atoms with Gasteiger partial charge < -0.3 is 9.53 Å². The third-order valence-corrected chi connectivity index (χ3v) is 1.04. The van der Waals surface area contributed by atoms with E-state index in [0.717, 1.165) is 6.29 Å². The number of carbonyl (C=O) groups is 1. The van der Waals surface area contributed by atoms with E-state index in [1.54, 1.807) is 6.92 Å². The van der Waals surface area contributed by atoms with Crippen molar-refractivity contribution < 1.29 is 9.53 Å². The lowest BCUT2D eigenvalue weighted by Crippen LogP contribution is -2.08. The molecule has 10 heavy (non-hydrogen) atoms. The third-order valence-electron chi connectivity index (χ3n) is 1.04. The number of hydrogen-bond acceptors (Lipinski definition) is 2. The second-order valence-corrected chi connectivity index (χ2v) is 1.95. The average molecular weight is 140 g/mol. The van der Waals surface area contributed by atoms with E-state index >= 15 is 0 Å². The summed E-state index contributed by atoms with van der Waals surface area (Å²) in [4.78, 5) is 9.93. The van der Waals surface area contributed by atoms with Gasteiger partial charge in [-0.2, -0.15) is 0 Å². The number of ether oxygens (including phenoxy) is 1. The van der Waals surface area contributed by atoms with E-state index in [0.29, 0.717) is 13.0 Å². The van der Waals surface area contributed by atoms with Crippen molar-refractivity contribution in [3.63, 3.8) is 0 Å². The van der Waals surface area contributed by atoms with Crippen LogP contribution in [0.4, 0.5) is 0 Å². The molecule has 56 valence electrons. The van der Waals surface area contributed by atoms with E-state index in [9.17, 15) is 4.79 Å². The van der Waals surface area contributed by atoms with Gasteiger partial charge in [0, 0.05) is 6.42 Å². The van der Waals surface area contributed by atoms with Crippen LogP contribution in [0.3, 0.4) is 0 Å². The van der Waals surface area contributed by atoms with Gasteiger partial charge in [0.05, 0.1) is 6.10 Å². The fourth-order valence-electron chi connectivity index (χ4n) is 0.460. The number of aldehydes is 1.